The molecule has 0 radical (unpaired) electrons. The van der Waals surface area contributed by atoms with Gasteiger partial charge in [0, 0.05) is 12.3 Å². The molecule has 29 heavy (non-hydrogen) atoms. The van der Waals surface area contributed by atoms with Gasteiger partial charge in [-0.05, 0) is 56.4 Å². The molecule has 2 aromatic carbocycles. The van der Waals surface area contributed by atoms with E-state index in [9.17, 15) is 4.79 Å². The van der Waals surface area contributed by atoms with E-state index in [0.717, 1.165) is 39.3 Å². The third-order valence-electron chi connectivity index (χ3n) is 5.28. The van der Waals surface area contributed by atoms with E-state index in [1.807, 2.05) is 37.3 Å². The minimum atomic E-state index is -0.0276. The van der Waals surface area contributed by atoms with Crippen molar-refractivity contribution in [3.63, 3.8) is 0 Å². The van der Waals surface area contributed by atoms with E-state index in [1.54, 1.807) is 0 Å². The predicted molar refractivity (Wildman–Crippen MR) is 117 cm³/mol. The van der Waals surface area contributed by atoms with Crippen LogP contribution in [0.2, 0.25) is 0 Å². The van der Waals surface area contributed by atoms with Crippen LogP contribution in [0.4, 0.5) is 0 Å². The maximum atomic E-state index is 13.1. The fourth-order valence-corrected chi connectivity index (χ4v) is 4.24. The first-order valence-electron chi connectivity index (χ1n) is 9.99. The van der Waals surface area contributed by atoms with Gasteiger partial charge in [-0.2, -0.15) is 0 Å². The van der Waals surface area contributed by atoms with Crippen molar-refractivity contribution in [1.82, 2.24) is 0 Å². The molecule has 0 amide bonds. The number of allylic oxidation sites excluding steroid dienone is 2. The Morgan fingerprint density at radius 1 is 1.10 bits per heavy atom. The molecular weight excluding hydrogens is 362 g/mol. The number of Topliss-reactive ketones (excluding diaryl/α,β-unsaturated/α-hetero) is 1. The molecule has 0 saturated carbocycles. The molecule has 0 aromatic heterocycles. The van der Waals surface area contributed by atoms with Crippen LogP contribution in [-0.2, 0) is 21.0 Å². The maximum absolute atomic E-state index is 13.1. The average Bonchev–Trinajstić information content (AvgIpc) is 2.95. The van der Waals surface area contributed by atoms with Gasteiger partial charge in [0.25, 0.3) is 0 Å². The van der Waals surface area contributed by atoms with Crippen molar-refractivity contribution in [2.45, 2.75) is 47.1 Å². The van der Waals surface area contributed by atoms with E-state index >= 15 is 0 Å². The largest absolute Gasteiger partial charge is 0.492 e. The summed E-state index contributed by atoms with van der Waals surface area (Å²) in [6.07, 6.45) is 1.07. The maximum Gasteiger partial charge on any atom is 0.167 e. The minimum Gasteiger partial charge on any atom is -0.492 e. The van der Waals surface area contributed by atoms with Gasteiger partial charge in [0.05, 0.1) is 11.3 Å². The highest BCUT2D eigenvalue weighted by Crippen LogP contribution is 2.41. The molecule has 0 bridgehead atoms. The molecule has 1 aliphatic carbocycles. The van der Waals surface area contributed by atoms with Gasteiger partial charge in [-0.15, -0.1) is 0 Å². The van der Waals surface area contributed by atoms with Gasteiger partial charge >= 0.3 is 0 Å². The molecule has 152 valence electrons. The van der Waals surface area contributed by atoms with Gasteiger partial charge in [-0.25, -0.2) is 0 Å². The molecule has 0 aliphatic heterocycles. The number of hydrogen-bond donors (Lipinski definition) is 0. The third kappa shape index (κ3) is 4.76. The second kappa shape index (κ2) is 9.08. The standard InChI is InChI=1S/C25H29NO3/c1-16-11-17(2)23(18(3)12-16)24-22(27)14-21(13-19(4)26-28-5)25(24)29-15-20-9-7-6-8-10-20/h6-12,21H,13-15H2,1-5H3. The van der Waals surface area contributed by atoms with E-state index in [2.05, 4.69) is 38.1 Å². The topological polar surface area (TPSA) is 47.9 Å². The van der Waals surface area contributed by atoms with E-state index in [-0.39, 0.29) is 11.7 Å². The summed E-state index contributed by atoms with van der Waals surface area (Å²) in [6, 6.07) is 14.3. The van der Waals surface area contributed by atoms with Crippen LogP contribution in [0.3, 0.4) is 0 Å². The first-order valence-corrected chi connectivity index (χ1v) is 9.99. The molecule has 4 heteroatoms. The Morgan fingerprint density at radius 3 is 2.38 bits per heavy atom. The van der Waals surface area contributed by atoms with Gasteiger partial charge in [0.1, 0.15) is 19.5 Å². The van der Waals surface area contributed by atoms with Crippen LogP contribution in [0.15, 0.2) is 53.4 Å². The molecule has 1 aliphatic rings. The number of benzene rings is 2. The second-order valence-corrected chi connectivity index (χ2v) is 7.82. The first kappa shape index (κ1) is 20.8. The zero-order valence-electron chi connectivity index (χ0n) is 17.9. The van der Waals surface area contributed by atoms with Crippen molar-refractivity contribution < 1.29 is 14.4 Å². The number of rotatable bonds is 7. The second-order valence-electron chi connectivity index (χ2n) is 7.82. The van der Waals surface area contributed by atoms with Crippen molar-refractivity contribution >= 4 is 17.1 Å². The molecule has 1 unspecified atom stereocenters. The Kier molecular flexibility index (Phi) is 6.53. The van der Waals surface area contributed by atoms with Crippen LogP contribution in [0, 0.1) is 26.7 Å². The van der Waals surface area contributed by atoms with Crippen LogP contribution in [0.5, 0.6) is 0 Å². The number of ether oxygens (including phenoxy) is 1. The monoisotopic (exact) mass is 391 g/mol. The summed E-state index contributed by atoms with van der Waals surface area (Å²) in [4.78, 5) is 18.0. The Morgan fingerprint density at radius 2 is 1.76 bits per heavy atom. The molecule has 0 N–H and O–H groups in total. The highest BCUT2D eigenvalue weighted by atomic mass is 16.6. The van der Waals surface area contributed by atoms with Crippen molar-refractivity contribution in [2.24, 2.45) is 11.1 Å². The quantitative estimate of drug-likeness (QED) is 0.460. The lowest BCUT2D eigenvalue weighted by atomic mass is 9.92. The van der Waals surface area contributed by atoms with Gasteiger partial charge in [-0.3, -0.25) is 4.79 Å². The van der Waals surface area contributed by atoms with Gasteiger partial charge < -0.3 is 9.57 Å². The first-order chi connectivity index (χ1) is 13.9. The zero-order valence-corrected chi connectivity index (χ0v) is 17.9. The Balaban J connectivity index is 2.04. The number of aryl methyl sites for hydroxylation is 3. The molecule has 3 rings (SSSR count). The molecule has 4 nitrogen and oxygen atoms in total. The van der Waals surface area contributed by atoms with E-state index in [0.29, 0.717) is 19.4 Å². The Hall–Kier alpha value is -2.88. The average molecular weight is 392 g/mol. The Labute approximate surface area is 173 Å². The molecular formula is C25H29NO3. The summed E-state index contributed by atoms with van der Waals surface area (Å²) in [5, 5.41) is 4.04. The van der Waals surface area contributed by atoms with Crippen molar-refractivity contribution in [1.29, 1.82) is 0 Å². The van der Waals surface area contributed by atoms with Gasteiger partial charge in [-0.1, -0.05) is 53.2 Å². The lowest BCUT2D eigenvalue weighted by molar-refractivity contribution is -0.113. The summed E-state index contributed by atoms with van der Waals surface area (Å²) in [5.74, 6) is 0.887. The summed E-state index contributed by atoms with van der Waals surface area (Å²) in [7, 11) is 1.54. The molecule has 0 fully saturated rings. The highest BCUT2D eigenvalue weighted by Gasteiger charge is 2.36. The van der Waals surface area contributed by atoms with Crippen LogP contribution >= 0.6 is 0 Å². The number of hydrogen-bond acceptors (Lipinski definition) is 4. The van der Waals surface area contributed by atoms with Gasteiger partial charge in [0.2, 0.25) is 0 Å². The van der Waals surface area contributed by atoms with Crippen molar-refractivity contribution in [2.75, 3.05) is 7.11 Å². The van der Waals surface area contributed by atoms with E-state index in [1.165, 1.54) is 12.7 Å². The number of nitrogens with zero attached hydrogens (tertiary/aromatic N) is 1. The van der Waals surface area contributed by atoms with E-state index in [4.69, 9.17) is 9.57 Å². The summed E-state index contributed by atoms with van der Waals surface area (Å²) in [5.41, 5.74) is 7.07. The summed E-state index contributed by atoms with van der Waals surface area (Å²) >= 11 is 0. The molecule has 0 spiro atoms. The van der Waals surface area contributed by atoms with Crippen LogP contribution < -0.4 is 0 Å². The number of oxime groups is 1. The van der Waals surface area contributed by atoms with Crippen LogP contribution in [0.1, 0.15) is 47.6 Å². The van der Waals surface area contributed by atoms with Crippen molar-refractivity contribution in [3.8, 4) is 0 Å². The van der Waals surface area contributed by atoms with Crippen LogP contribution in [-0.4, -0.2) is 18.6 Å². The fourth-order valence-electron chi connectivity index (χ4n) is 4.24. The normalized spacial score (nSPS) is 17.1. The summed E-state index contributed by atoms with van der Waals surface area (Å²) in [6.45, 7) is 8.57. The lowest BCUT2D eigenvalue weighted by Gasteiger charge is -2.18. The minimum absolute atomic E-state index is 0.0276. The number of carbonyl (C=O) groups excluding carboxylic acids is 1. The van der Waals surface area contributed by atoms with Crippen LogP contribution in [0.25, 0.3) is 5.57 Å². The highest BCUT2D eigenvalue weighted by molar-refractivity contribution is 6.24. The number of carbonyl (C=O) groups is 1. The third-order valence-corrected chi connectivity index (χ3v) is 5.28. The number of ketones is 1. The summed E-state index contributed by atoms with van der Waals surface area (Å²) < 4.78 is 6.32. The molecule has 1 atom stereocenters. The van der Waals surface area contributed by atoms with Crippen molar-refractivity contribution in [3.05, 3.63) is 76.0 Å². The predicted octanol–water partition coefficient (Wildman–Crippen LogP) is 5.54. The molecule has 0 heterocycles. The van der Waals surface area contributed by atoms with E-state index < -0.39 is 0 Å². The molecule has 2 aromatic rings. The lowest BCUT2D eigenvalue weighted by Crippen LogP contribution is -2.09. The fraction of sp³-hybridized carbons (Fsp3) is 0.360. The SMILES string of the molecule is CON=C(C)CC1CC(=O)C(c2c(C)cc(C)cc2C)=C1OCc1ccccc1. The Bertz CT molecular complexity index is 934. The smallest absolute Gasteiger partial charge is 0.167 e. The molecule has 0 saturated heterocycles. The van der Waals surface area contributed by atoms with Gasteiger partial charge in [0.15, 0.2) is 5.78 Å². The zero-order chi connectivity index (χ0) is 21.0.